The minimum Gasteiger partial charge on any atom is -0.486 e. The summed E-state index contributed by atoms with van der Waals surface area (Å²) < 4.78 is 37.5. The standard InChI is InChI=1S/C21H26N2O5S/c1-21(2,3)15-5-7-16(8-6-15)22-20(24)14-23(4)29(25,26)17-9-10-18-19(13-17)28-12-11-27-18/h5-10,13H,11-12,14H2,1-4H3,(H,22,24). The maximum absolute atomic E-state index is 12.8. The van der Waals surface area contributed by atoms with Crippen molar-refractivity contribution in [1.82, 2.24) is 4.31 Å². The summed E-state index contributed by atoms with van der Waals surface area (Å²) in [6.07, 6.45) is 0. The van der Waals surface area contributed by atoms with Gasteiger partial charge in [-0.1, -0.05) is 32.9 Å². The highest BCUT2D eigenvalue weighted by Crippen LogP contribution is 2.33. The van der Waals surface area contributed by atoms with Gasteiger partial charge in [0.2, 0.25) is 15.9 Å². The summed E-state index contributed by atoms with van der Waals surface area (Å²) in [4.78, 5) is 12.4. The Balaban J connectivity index is 1.67. The molecule has 2 aromatic carbocycles. The number of amides is 1. The minimum atomic E-state index is -3.85. The lowest BCUT2D eigenvalue weighted by molar-refractivity contribution is -0.116. The fraction of sp³-hybridized carbons (Fsp3) is 0.381. The molecule has 0 fully saturated rings. The molecule has 1 aliphatic rings. The molecule has 8 heteroatoms. The lowest BCUT2D eigenvalue weighted by Gasteiger charge is -2.21. The largest absolute Gasteiger partial charge is 0.486 e. The third-order valence-corrected chi connectivity index (χ3v) is 6.42. The summed E-state index contributed by atoms with van der Waals surface area (Å²) in [7, 11) is -2.48. The van der Waals surface area contributed by atoms with Gasteiger partial charge in [0.25, 0.3) is 0 Å². The van der Waals surface area contributed by atoms with E-state index in [0.29, 0.717) is 30.4 Å². The highest BCUT2D eigenvalue weighted by atomic mass is 32.2. The lowest BCUT2D eigenvalue weighted by atomic mass is 9.87. The predicted octanol–water partition coefficient (Wildman–Crippen LogP) is 3.01. The van der Waals surface area contributed by atoms with E-state index in [1.807, 2.05) is 24.3 Å². The number of hydrogen-bond donors (Lipinski definition) is 1. The molecule has 7 nitrogen and oxygen atoms in total. The molecule has 3 rings (SSSR count). The average molecular weight is 419 g/mol. The zero-order valence-corrected chi connectivity index (χ0v) is 17.9. The van der Waals surface area contributed by atoms with Crippen LogP contribution in [0, 0.1) is 0 Å². The molecule has 1 heterocycles. The number of sulfonamides is 1. The van der Waals surface area contributed by atoms with Crippen molar-refractivity contribution in [3.63, 3.8) is 0 Å². The zero-order valence-electron chi connectivity index (χ0n) is 17.1. The molecule has 0 atom stereocenters. The number of ether oxygens (including phenoxy) is 2. The van der Waals surface area contributed by atoms with E-state index < -0.39 is 15.9 Å². The Morgan fingerprint density at radius 3 is 2.28 bits per heavy atom. The molecule has 0 unspecified atom stereocenters. The zero-order chi connectivity index (χ0) is 21.2. The Labute approximate surface area is 171 Å². The lowest BCUT2D eigenvalue weighted by Crippen LogP contribution is -2.35. The smallest absolute Gasteiger partial charge is 0.243 e. The fourth-order valence-electron chi connectivity index (χ4n) is 2.91. The molecule has 0 saturated heterocycles. The van der Waals surface area contributed by atoms with Gasteiger partial charge < -0.3 is 14.8 Å². The van der Waals surface area contributed by atoms with Gasteiger partial charge in [0.1, 0.15) is 13.2 Å². The first-order chi connectivity index (χ1) is 13.6. The van der Waals surface area contributed by atoms with Gasteiger partial charge in [0.05, 0.1) is 11.4 Å². The first-order valence-electron chi connectivity index (χ1n) is 9.34. The molecule has 0 bridgehead atoms. The molecule has 1 N–H and O–H groups in total. The molecular formula is C21H26N2O5S. The molecular weight excluding hydrogens is 392 g/mol. The van der Waals surface area contributed by atoms with Gasteiger partial charge in [-0.25, -0.2) is 8.42 Å². The number of likely N-dealkylation sites (N-methyl/N-ethyl adjacent to an activating group) is 1. The van der Waals surface area contributed by atoms with Crippen LogP contribution in [0.3, 0.4) is 0 Å². The molecule has 0 aliphatic carbocycles. The first-order valence-corrected chi connectivity index (χ1v) is 10.8. The van der Waals surface area contributed by atoms with Crippen molar-refractivity contribution >= 4 is 21.6 Å². The van der Waals surface area contributed by atoms with Gasteiger partial charge in [0, 0.05) is 18.8 Å². The Morgan fingerprint density at radius 1 is 1.03 bits per heavy atom. The van der Waals surface area contributed by atoms with E-state index in [0.717, 1.165) is 9.87 Å². The van der Waals surface area contributed by atoms with Crippen molar-refractivity contribution in [1.29, 1.82) is 0 Å². The van der Waals surface area contributed by atoms with E-state index in [2.05, 4.69) is 26.1 Å². The van der Waals surface area contributed by atoms with Gasteiger partial charge >= 0.3 is 0 Å². The van der Waals surface area contributed by atoms with E-state index in [4.69, 9.17) is 9.47 Å². The number of fused-ring (bicyclic) bond motifs is 1. The van der Waals surface area contributed by atoms with Crippen LogP contribution in [0.1, 0.15) is 26.3 Å². The average Bonchev–Trinajstić information content (AvgIpc) is 2.67. The number of rotatable bonds is 5. The summed E-state index contributed by atoms with van der Waals surface area (Å²) in [5.41, 5.74) is 1.78. The van der Waals surface area contributed by atoms with Crippen LogP contribution >= 0.6 is 0 Å². The van der Waals surface area contributed by atoms with E-state index in [9.17, 15) is 13.2 Å². The van der Waals surface area contributed by atoms with Crippen LogP contribution in [0.2, 0.25) is 0 Å². The summed E-state index contributed by atoms with van der Waals surface area (Å²) in [5, 5.41) is 2.74. The second-order valence-corrected chi connectivity index (χ2v) is 9.99. The van der Waals surface area contributed by atoms with E-state index >= 15 is 0 Å². The monoisotopic (exact) mass is 418 g/mol. The van der Waals surface area contributed by atoms with Crippen molar-refractivity contribution in [2.75, 3.05) is 32.1 Å². The molecule has 0 saturated carbocycles. The Morgan fingerprint density at radius 2 is 1.66 bits per heavy atom. The second-order valence-electron chi connectivity index (χ2n) is 7.94. The molecule has 156 valence electrons. The van der Waals surface area contributed by atoms with Crippen LogP contribution < -0.4 is 14.8 Å². The number of carbonyl (C=O) groups is 1. The van der Waals surface area contributed by atoms with Crippen LogP contribution in [0.25, 0.3) is 0 Å². The topological polar surface area (TPSA) is 84.9 Å². The van der Waals surface area contributed by atoms with Crippen LogP contribution in [0.15, 0.2) is 47.4 Å². The van der Waals surface area contributed by atoms with Crippen LogP contribution in [-0.4, -0.2) is 45.4 Å². The van der Waals surface area contributed by atoms with Gasteiger partial charge in [-0.15, -0.1) is 0 Å². The van der Waals surface area contributed by atoms with Crippen LogP contribution in [0.4, 0.5) is 5.69 Å². The van der Waals surface area contributed by atoms with Gasteiger partial charge in [-0.2, -0.15) is 4.31 Å². The Bertz CT molecular complexity index is 995. The van der Waals surface area contributed by atoms with Gasteiger partial charge in [-0.05, 0) is 35.2 Å². The number of benzene rings is 2. The molecule has 0 spiro atoms. The van der Waals surface area contributed by atoms with Gasteiger partial charge in [-0.3, -0.25) is 4.79 Å². The van der Waals surface area contributed by atoms with E-state index in [1.165, 1.54) is 19.2 Å². The normalized spacial score (nSPS) is 14.0. The number of carbonyl (C=O) groups excluding carboxylic acids is 1. The highest BCUT2D eigenvalue weighted by Gasteiger charge is 2.25. The van der Waals surface area contributed by atoms with Crippen molar-refractivity contribution < 1.29 is 22.7 Å². The molecule has 29 heavy (non-hydrogen) atoms. The van der Waals surface area contributed by atoms with Crippen LogP contribution in [-0.2, 0) is 20.2 Å². The summed E-state index contributed by atoms with van der Waals surface area (Å²) in [6.45, 7) is 6.81. The van der Waals surface area contributed by atoms with Gasteiger partial charge in [0.15, 0.2) is 11.5 Å². The van der Waals surface area contributed by atoms with E-state index in [1.54, 1.807) is 6.07 Å². The molecule has 1 amide bonds. The highest BCUT2D eigenvalue weighted by molar-refractivity contribution is 7.89. The Kier molecular flexibility index (Phi) is 5.86. The SMILES string of the molecule is CN(CC(=O)Nc1ccc(C(C)(C)C)cc1)S(=O)(=O)c1ccc2c(c1)OCCO2. The predicted molar refractivity (Wildman–Crippen MR) is 111 cm³/mol. The fourth-order valence-corrected chi connectivity index (χ4v) is 4.05. The van der Waals surface area contributed by atoms with Crippen molar-refractivity contribution in [3.8, 4) is 11.5 Å². The second kappa shape index (κ2) is 8.04. The number of hydrogen-bond acceptors (Lipinski definition) is 5. The molecule has 0 aromatic heterocycles. The maximum atomic E-state index is 12.8. The first kappa shape index (κ1) is 21.1. The molecule has 2 aromatic rings. The van der Waals surface area contributed by atoms with Crippen molar-refractivity contribution in [2.24, 2.45) is 0 Å². The maximum Gasteiger partial charge on any atom is 0.243 e. The van der Waals surface area contributed by atoms with Crippen molar-refractivity contribution in [3.05, 3.63) is 48.0 Å². The summed E-state index contributed by atoms with van der Waals surface area (Å²) in [6, 6.07) is 12.0. The minimum absolute atomic E-state index is 0.0144. The van der Waals surface area contributed by atoms with E-state index in [-0.39, 0.29) is 16.9 Å². The summed E-state index contributed by atoms with van der Waals surface area (Å²) >= 11 is 0. The number of anilines is 1. The quantitative estimate of drug-likeness (QED) is 0.807. The summed E-state index contributed by atoms with van der Waals surface area (Å²) in [5.74, 6) is 0.473. The van der Waals surface area contributed by atoms with Crippen molar-refractivity contribution in [2.45, 2.75) is 31.1 Å². The third kappa shape index (κ3) is 4.89. The third-order valence-electron chi connectivity index (χ3n) is 4.62. The molecule has 0 radical (unpaired) electrons. The molecule has 1 aliphatic heterocycles. The van der Waals surface area contributed by atoms with Crippen LogP contribution in [0.5, 0.6) is 11.5 Å². The number of nitrogens with zero attached hydrogens (tertiary/aromatic N) is 1. The number of nitrogens with one attached hydrogen (secondary N) is 1. The Hall–Kier alpha value is -2.58.